The second-order valence-electron chi connectivity index (χ2n) is 5.71. The summed E-state index contributed by atoms with van der Waals surface area (Å²) in [7, 11) is 0. The van der Waals surface area contributed by atoms with Gasteiger partial charge in [0.25, 0.3) is 5.91 Å². The number of carbonyl (C=O) groups is 1. The van der Waals surface area contributed by atoms with E-state index in [0.29, 0.717) is 27.9 Å². The molecule has 0 saturated heterocycles. The molecule has 0 saturated carbocycles. The second-order valence-corrected chi connectivity index (χ2v) is 7.16. The highest BCUT2D eigenvalue weighted by molar-refractivity contribution is 7.16. The zero-order valence-electron chi connectivity index (χ0n) is 13.7. The Morgan fingerprint density at radius 2 is 2.15 bits per heavy atom. The quantitative estimate of drug-likeness (QED) is 0.643. The molecule has 0 N–H and O–H groups in total. The van der Waals surface area contributed by atoms with Gasteiger partial charge in [-0.3, -0.25) is 4.79 Å². The van der Waals surface area contributed by atoms with E-state index in [2.05, 4.69) is 11.6 Å². The normalized spacial score (nSPS) is 16.7. The molecule has 132 valence electrons. The summed E-state index contributed by atoms with van der Waals surface area (Å²) in [4.78, 5) is 17.5. The maximum atomic E-state index is 12.6. The number of hydrogen-bond acceptors (Lipinski definition) is 4. The highest BCUT2D eigenvalue weighted by Gasteiger charge is 2.27. The molecule has 1 aliphatic heterocycles. The third kappa shape index (κ3) is 3.13. The summed E-state index contributed by atoms with van der Waals surface area (Å²) in [6.07, 6.45) is 0.997. The van der Waals surface area contributed by atoms with Gasteiger partial charge in [-0.25, -0.2) is 0 Å². The highest BCUT2D eigenvalue weighted by Crippen LogP contribution is 2.31. The minimum atomic E-state index is -0.768. The molecule has 0 bridgehead atoms. The third-order valence-corrected chi connectivity index (χ3v) is 5.22. The Morgan fingerprint density at radius 3 is 2.96 bits per heavy atom. The van der Waals surface area contributed by atoms with Crippen molar-refractivity contribution < 1.29 is 14.3 Å². The zero-order valence-corrected chi connectivity index (χ0v) is 15.3. The number of aromatic nitrogens is 1. The molecule has 4 rings (SSSR count). The largest absolute Gasteiger partial charge is 0.485 e. The second kappa shape index (κ2) is 6.97. The summed E-state index contributed by atoms with van der Waals surface area (Å²) in [5.41, 5.74) is 0.956. The van der Waals surface area contributed by atoms with Crippen molar-refractivity contribution in [3.05, 3.63) is 64.9 Å². The van der Waals surface area contributed by atoms with Crippen molar-refractivity contribution in [2.75, 3.05) is 6.61 Å². The van der Waals surface area contributed by atoms with Gasteiger partial charge in [-0.05, 0) is 30.3 Å². The summed E-state index contributed by atoms with van der Waals surface area (Å²) < 4.78 is 14.2. The molecule has 7 heteroatoms. The van der Waals surface area contributed by atoms with Crippen LogP contribution in [0.2, 0.25) is 5.02 Å². The number of carbonyl (C=O) groups excluding carboxylic acids is 1. The lowest BCUT2D eigenvalue weighted by Gasteiger charge is -2.23. The van der Waals surface area contributed by atoms with Crippen LogP contribution in [-0.4, -0.2) is 23.2 Å². The number of nitrogens with zero attached hydrogens (tertiary/aromatic N) is 2. The Hall–Kier alpha value is -2.57. The molecule has 1 amide bonds. The van der Waals surface area contributed by atoms with Crippen LogP contribution in [0.5, 0.6) is 11.5 Å². The number of fused-ring (bicyclic) bond motifs is 2. The molecule has 0 fully saturated rings. The highest BCUT2D eigenvalue weighted by atomic mass is 35.5. The van der Waals surface area contributed by atoms with E-state index in [1.807, 2.05) is 34.9 Å². The van der Waals surface area contributed by atoms with E-state index in [9.17, 15) is 4.79 Å². The number of ether oxygens (including phenoxy) is 2. The maximum Gasteiger partial charge on any atom is 0.292 e. The van der Waals surface area contributed by atoms with Gasteiger partial charge in [0, 0.05) is 11.6 Å². The molecule has 5 nitrogen and oxygen atoms in total. The van der Waals surface area contributed by atoms with Crippen LogP contribution < -0.4 is 14.3 Å². The van der Waals surface area contributed by atoms with Crippen LogP contribution in [0.3, 0.4) is 0 Å². The number of para-hydroxylation sites is 2. The molecular formula is C19H15ClN2O3S. The van der Waals surface area contributed by atoms with Crippen LogP contribution in [0.15, 0.2) is 60.1 Å². The van der Waals surface area contributed by atoms with Gasteiger partial charge in [-0.15, -0.1) is 6.58 Å². The van der Waals surface area contributed by atoms with Gasteiger partial charge in [0.15, 0.2) is 16.3 Å². The molecule has 0 aliphatic carbocycles. The predicted molar refractivity (Wildman–Crippen MR) is 102 cm³/mol. The van der Waals surface area contributed by atoms with Gasteiger partial charge in [-0.1, -0.05) is 41.1 Å². The Kier molecular flexibility index (Phi) is 4.53. The number of halogens is 1. The van der Waals surface area contributed by atoms with E-state index in [1.165, 1.54) is 11.3 Å². The van der Waals surface area contributed by atoms with Gasteiger partial charge in [-0.2, -0.15) is 4.99 Å². The minimum absolute atomic E-state index is 0.136. The first-order chi connectivity index (χ1) is 12.7. The van der Waals surface area contributed by atoms with Crippen molar-refractivity contribution in [1.29, 1.82) is 0 Å². The minimum Gasteiger partial charge on any atom is -0.485 e. The number of allylic oxidation sites excluding steroid dienone is 1. The molecule has 0 radical (unpaired) electrons. The van der Waals surface area contributed by atoms with Gasteiger partial charge >= 0.3 is 0 Å². The summed E-state index contributed by atoms with van der Waals surface area (Å²) in [6, 6.07) is 12.9. The molecule has 1 atom stereocenters. The molecule has 3 aromatic rings. The predicted octanol–water partition coefficient (Wildman–Crippen LogP) is 3.81. The monoisotopic (exact) mass is 386 g/mol. The van der Waals surface area contributed by atoms with Crippen molar-refractivity contribution in [3.8, 4) is 11.5 Å². The number of amides is 1. The topological polar surface area (TPSA) is 52.8 Å². The maximum absolute atomic E-state index is 12.6. The fourth-order valence-electron chi connectivity index (χ4n) is 2.75. The summed E-state index contributed by atoms with van der Waals surface area (Å²) in [6.45, 7) is 4.46. The average Bonchev–Trinajstić information content (AvgIpc) is 2.98. The zero-order chi connectivity index (χ0) is 18.1. The van der Waals surface area contributed by atoms with E-state index in [4.69, 9.17) is 21.1 Å². The SMILES string of the molecule is C=CCn1c(=NC(=O)[C@@H]2COc3ccccc3O2)sc2cc(Cl)ccc21. The summed E-state index contributed by atoms with van der Waals surface area (Å²) in [5, 5.41) is 0.642. The molecule has 0 spiro atoms. The first kappa shape index (κ1) is 16.9. The standard InChI is InChI=1S/C19H15ClN2O3S/c1-2-9-22-13-8-7-12(20)10-17(13)26-19(22)21-18(23)16-11-24-14-5-3-4-6-15(14)25-16/h2-8,10,16H,1,9,11H2/t16-/m0/s1. The number of hydrogen-bond donors (Lipinski definition) is 0. The first-order valence-electron chi connectivity index (χ1n) is 8.02. The van der Waals surface area contributed by atoms with E-state index < -0.39 is 6.10 Å². The Balaban J connectivity index is 1.70. The molecular weight excluding hydrogens is 372 g/mol. The average molecular weight is 387 g/mol. The first-order valence-corrected chi connectivity index (χ1v) is 9.22. The van der Waals surface area contributed by atoms with Gasteiger partial charge < -0.3 is 14.0 Å². The smallest absolute Gasteiger partial charge is 0.292 e. The summed E-state index contributed by atoms with van der Waals surface area (Å²) in [5.74, 6) is 0.805. The lowest BCUT2D eigenvalue weighted by Crippen LogP contribution is -2.36. The molecule has 2 aromatic carbocycles. The van der Waals surface area contributed by atoms with Crippen LogP contribution in [0.4, 0.5) is 0 Å². The molecule has 26 heavy (non-hydrogen) atoms. The van der Waals surface area contributed by atoms with Crippen LogP contribution in [0, 0.1) is 0 Å². The van der Waals surface area contributed by atoms with E-state index in [-0.39, 0.29) is 12.5 Å². The molecule has 1 aromatic heterocycles. The van der Waals surface area contributed by atoms with Gasteiger partial charge in [0.05, 0.1) is 10.2 Å². The lowest BCUT2D eigenvalue weighted by molar-refractivity contribution is -0.127. The van der Waals surface area contributed by atoms with Crippen molar-refractivity contribution >= 4 is 39.1 Å². The third-order valence-electron chi connectivity index (χ3n) is 3.95. The van der Waals surface area contributed by atoms with Crippen molar-refractivity contribution in [2.24, 2.45) is 4.99 Å². The van der Waals surface area contributed by atoms with E-state index in [1.54, 1.807) is 18.2 Å². The van der Waals surface area contributed by atoms with E-state index in [0.717, 1.165) is 10.2 Å². The molecule has 0 unspecified atom stereocenters. The summed E-state index contributed by atoms with van der Waals surface area (Å²) >= 11 is 7.48. The van der Waals surface area contributed by atoms with Crippen LogP contribution >= 0.6 is 22.9 Å². The van der Waals surface area contributed by atoms with Crippen molar-refractivity contribution in [2.45, 2.75) is 12.6 Å². The van der Waals surface area contributed by atoms with Gasteiger partial charge in [0.2, 0.25) is 6.10 Å². The molecule has 2 heterocycles. The molecule has 1 aliphatic rings. The van der Waals surface area contributed by atoms with Crippen LogP contribution in [-0.2, 0) is 11.3 Å². The number of rotatable bonds is 3. The van der Waals surface area contributed by atoms with Crippen LogP contribution in [0.25, 0.3) is 10.2 Å². The van der Waals surface area contributed by atoms with Crippen LogP contribution in [0.1, 0.15) is 0 Å². The Bertz CT molecular complexity index is 1070. The lowest BCUT2D eigenvalue weighted by atomic mass is 10.2. The van der Waals surface area contributed by atoms with Crippen molar-refractivity contribution in [3.63, 3.8) is 0 Å². The number of benzene rings is 2. The Labute approximate surface area is 158 Å². The van der Waals surface area contributed by atoms with Crippen molar-refractivity contribution in [1.82, 2.24) is 4.57 Å². The van der Waals surface area contributed by atoms with Gasteiger partial charge in [0.1, 0.15) is 6.61 Å². The van der Waals surface area contributed by atoms with E-state index >= 15 is 0 Å². The Morgan fingerprint density at radius 1 is 1.35 bits per heavy atom. The fourth-order valence-corrected chi connectivity index (χ4v) is 4.07. The number of thiazole rings is 1. The fraction of sp³-hybridized carbons (Fsp3) is 0.158.